The summed E-state index contributed by atoms with van der Waals surface area (Å²) in [6.45, 7) is 4.39. The summed E-state index contributed by atoms with van der Waals surface area (Å²) >= 11 is 0. The Morgan fingerprint density at radius 1 is 1.00 bits per heavy atom. The smallest absolute Gasteiger partial charge is 0.343 e. The highest BCUT2D eigenvalue weighted by molar-refractivity contribution is 5.91. The summed E-state index contributed by atoms with van der Waals surface area (Å²) in [5, 5.41) is 0. The summed E-state index contributed by atoms with van der Waals surface area (Å²) in [4.78, 5) is 12.0. The molecule has 0 radical (unpaired) electrons. The lowest BCUT2D eigenvalue weighted by atomic mass is 10.1. The van der Waals surface area contributed by atoms with Crippen LogP contribution in [0.2, 0.25) is 0 Å². The third-order valence-electron chi connectivity index (χ3n) is 2.64. The number of aryl methyl sites for hydroxylation is 1. The first kappa shape index (κ1) is 13.1. The number of carbonyl (C=O) groups excluding carboxylic acids is 1. The Hall–Kier alpha value is -2.29. The van der Waals surface area contributed by atoms with Gasteiger partial charge in [0, 0.05) is 0 Å². The van der Waals surface area contributed by atoms with Crippen molar-refractivity contribution in [3.8, 4) is 11.5 Å². The third-order valence-corrected chi connectivity index (χ3v) is 2.64. The molecule has 2 aromatic rings. The maximum atomic E-state index is 12.0. The molecule has 0 aromatic heterocycles. The van der Waals surface area contributed by atoms with Gasteiger partial charge in [0.05, 0.1) is 12.2 Å². The van der Waals surface area contributed by atoms with Crippen LogP contribution in [0.1, 0.15) is 22.8 Å². The number of rotatable bonds is 4. The zero-order valence-electron chi connectivity index (χ0n) is 11.1. The van der Waals surface area contributed by atoms with E-state index in [1.807, 2.05) is 32.0 Å². The summed E-state index contributed by atoms with van der Waals surface area (Å²) < 4.78 is 10.8. The molecule has 19 heavy (non-hydrogen) atoms. The summed E-state index contributed by atoms with van der Waals surface area (Å²) in [5.74, 6) is 0.632. The Balaban J connectivity index is 2.16. The predicted molar refractivity (Wildman–Crippen MR) is 73.7 cm³/mol. The van der Waals surface area contributed by atoms with Crippen molar-refractivity contribution in [2.45, 2.75) is 13.8 Å². The highest BCUT2D eigenvalue weighted by Crippen LogP contribution is 2.27. The molecule has 98 valence electrons. The topological polar surface area (TPSA) is 35.5 Å². The Morgan fingerprint density at radius 2 is 1.63 bits per heavy atom. The number of hydrogen-bond acceptors (Lipinski definition) is 3. The van der Waals surface area contributed by atoms with Crippen LogP contribution < -0.4 is 9.47 Å². The van der Waals surface area contributed by atoms with Gasteiger partial charge in [-0.05, 0) is 38.1 Å². The SMILES string of the molecule is CCOc1ccccc1OC(=O)c1ccc(C)cc1. The molecule has 0 unspecified atom stereocenters. The van der Waals surface area contributed by atoms with E-state index >= 15 is 0 Å². The second-order valence-corrected chi connectivity index (χ2v) is 4.14. The van der Waals surface area contributed by atoms with Gasteiger partial charge in [-0.2, -0.15) is 0 Å². The first-order chi connectivity index (χ1) is 9.20. The van der Waals surface area contributed by atoms with E-state index in [1.165, 1.54) is 0 Å². The standard InChI is InChI=1S/C16H16O3/c1-3-18-14-6-4-5-7-15(14)19-16(17)13-10-8-12(2)9-11-13/h4-11H,3H2,1-2H3. The Labute approximate surface area is 112 Å². The molecule has 0 N–H and O–H groups in total. The lowest BCUT2D eigenvalue weighted by molar-refractivity contribution is 0.0728. The molecule has 0 atom stereocenters. The fourth-order valence-electron chi connectivity index (χ4n) is 1.66. The van der Waals surface area contributed by atoms with Crippen molar-refractivity contribution in [2.24, 2.45) is 0 Å². The molecular weight excluding hydrogens is 240 g/mol. The molecule has 0 aliphatic carbocycles. The molecule has 0 spiro atoms. The van der Waals surface area contributed by atoms with Crippen LogP contribution in [0.15, 0.2) is 48.5 Å². The quantitative estimate of drug-likeness (QED) is 0.619. The van der Waals surface area contributed by atoms with Gasteiger partial charge in [-0.3, -0.25) is 0 Å². The molecule has 3 heteroatoms. The van der Waals surface area contributed by atoms with E-state index in [2.05, 4.69) is 0 Å². The molecule has 0 saturated heterocycles. The van der Waals surface area contributed by atoms with Gasteiger partial charge in [0.1, 0.15) is 0 Å². The molecule has 0 fully saturated rings. The van der Waals surface area contributed by atoms with Gasteiger partial charge in [0.15, 0.2) is 11.5 Å². The van der Waals surface area contributed by atoms with Crippen LogP contribution in [0.25, 0.3) is 0 Å². The lowest BCUT2D eigenvalue weighted by Crippen LogP contribution is -2.09. The van der Waals surface area contributed by atoms with Crippen molar-refractivity contribution >= 4 is 5.97 Å². The van der Waals surface area contributed by atoms with Crippen molar-refractivity contribution in [3.05, 3.63) is 59.7 Å². The normalized spacial score (nSPS) is 10.0. The van der Waals surface area contributed by atoms with Crippen LogP contribution >= 0.6 is 0 Å². The fourth-order valence-corrected chi connectivity index (χ4v) is 1.66. The zero-order valence-corrected chi connectivity index (χ0v) is 11.1. The largest absolute Gasteiger partial charge is 0.490 e. The number of benzene rings is 2. The highest BCUT2D eigenvalue weighted by Gasteiger charge is 2.11. The minimum Gasteiger partial charge on any atom is -0.490 e. The van der Waals surface area contributed by atoms with Crippen molar-refractivity contribution in [2.75, 3.05) is 6.61 Å². The van der Waals surface area contributed by atoms with E-state index in [9.17, 15) is 4.79 Å². The first-order valence-corrected chi connectivity index (χ1v) is 6.21. The van der Waals surface area contributed by atoms with Crippen LogP contribution in [0.5, 0.6) is 11.5 Å². The van der Waals surface area contributed by atoms with Gasteiger partial charge in [0.25, 0.3) is 0 Å². The van der Waals surface area contributed by atoms with Crippen molar-refractivity contribution < 1.29 is 14.3 Å². The van der Waals surface area contributed by atoms with Gasteiger partial charge in [-0.15, -0.1) is 0 Å². The summed E-state index contributed by atoms with van der Waals surface area (Å²) in [6, 6.07) is 14.4. The Morgan fingerprint density at radius 3 is 2.26 bits per heavy atom. The second kappa shape index (κ2) is 6.05. The zero-order chi connectivity index (χ0) is 13.7. The number of hydrogen-bond donors (Lipinski definition) is 0. The molecule has 2 aromatic carbocycles. The average Bonchev–Trinajstić information content (AvgIpc) is 2.42. The van der Waals surface area contributed by atoms with E-state index in [1.54, 1.807) is 30.3 Å². The van der Waals surface area contributed by atoms with Crippen LogP contribution in [0.3, 0.4) is 0 Å². The number of ether oxygens (including phenoxy) is 2. The second-order valence-electron chi connectivity index (χ2n) is 4.14. The molecule has 0 bridgehead atoms. The molecule has 0 heterocycles. The summed E-state index contributed by atoms with van der Waals surface area (Å²) in [5.41, 5.74) is 1.63. The monoisotopic (exact) mass is 256 g/mol. The molecule has 2 rings (SSSR count). The highest BCUT2D eigenvalue weighted by atomic mass is 16.6. The maximum Gasteiger partial charge on any atom is 0.343 e. The van der Waals surface area contributed by atoms with E-state index < -0.39 is 0 Å². The van der Waals surface area contributed by atoms with Crippen molar-refractivity contribution in [1.29, 1.82) is 0 Å². The summed E-state index contributed by atoms with van der Waals surface area (Å²) in [6.07, 6.45) is 0. The van der Waals surface area contributed by atoms with Crippen LogP contribution in [-0.4, -0.2) is 12.6 Å². The van der Waals surface area contributed by atoms with E-state index in [0.717, 1.165) is 5.56 Å². The van der Waals surface area contributed by atoms with Gasteiger partial charge in [0.2, 0.25) is 0 Å². The molecular formula is C16H16O3. The minimum absolute atomic E-state index is 0.382. The summed E-state index contributed by atoms with van der Waals surface area (Å²) in [7, 11) is 0. The van der Waals surface area contributed by atoms with E-state index in [4.69, 9.17) is 9.47 Å². The van der Waals surface area contributed by atoms with E-state index in [0.29, 0.717) is 23.7 Å². The van der Waals surface area contributed by atoms with Crippen LogP contribution in [-0.2, 0) is 0 Å². The van der Waals surface area contributed by atoms with Crippen LogP contribution in [0, 0.1) is 6.92 Å². The van der Waals surface area contributed by atoms with Crippen molar-refractivity contribution in [3.63, 3.8) is 0 Å². The average molecular weight is 256 g/mol. The first-order valence-electron chi connectivity index (χ1n) is 6.21. The Bertz CT molecular complexity index is 558. The number of carbonyl (C=O) groups is 1. The van der Waals surface area contributed by atoms with Gasteiger partial charge >= 0.3 is 5.97 Å². The van der Waals surface area contributed by atoms with E-state index in [-0.39, 0.29) is 5.97 Å². The lowest BCUT2D eigenvalue weighted by Gasteiger charge is -2.10. The Kier molecular flexibility index (Phi) is 4.18. The van der Waals surface area contributed by atoms with Crippen LogP contribution in [0.4, 0.5) is 0 Å². The van der Waals surface area contributed by atoms with Gasteiger partial charge in [-0.25, -0.2) is 4.79 Å². The fraction of sp³-hybridized carbons (Fsp3) is 0.188. The van der Waals surface area contributed by atoms with Gasteiger partial charge in [-0.1, -0.05) is 29.8 Å². The molecule has 0 aliphatic rings. The molecule has 0 saturated carbocycles. The molecule has 3 nitrogen and oxygen atoms in total. The number of para-hydroxylation sites is 2. The van der Waals surface area contributed by atoms with Gasteiger partial charge < -0.3 is 9.47 Å². The molecule has 0 amide bonds. The van der Waals surface area contributed by atoms with Crippen molar-refractivity contribution in [1.82, 2.24) is 0 Å². The number of esters is 1. The third kappa shape index (κ3) is 3.35. The maximum absolute atomic E-state index is 12.0. The minimum atomic E-state index is -0.382. The predicted octanol–water partition coefficient (Wildman–Crippen LogP) is 3.61. The molecule has 0 aliphatic heterocycles.